The quantitative estimate of drug-likeness (QED) is 0.645. The van der Waals surface area contributed by atoms with E-state index in [0.29, 0.717) is 19.0 Å². The lowest BCUT2D eigenvalue weighted by atomic mass is 9.84. The molecule has 1 rings (SSSR count). The van der Waals surface area contributed by atoms with E-state index in [2.05, 4.69) is 4.72 Å². The first-order chi connectivity index (χ1) is 6.14. The van der Waals surface area contributed by atoms with Crippen molar-refractivity contribution in [2.24, 2.45) is 11.7 Å². The number of sulfonamides is 1. The molecule has 1 aliphatic rings. The maximum absolute atomic E-state index is 11.3. The topological polar surface area (TPSA) is 72.2 Å². The monoisotopic (exact) mass is 206 g/mol. The molecule has 3 N–H and O–H groups in total. The van der Waals surface area contributed by atoms with Crippen LogP contribution in [0.25, 0.3) is 0 Å². The van der Waals surface area contributed by atoms with Gasteiger partial charge in [0.25, 0.3) is 0 Å². The van der Waals surface area contributed by atoms with Crippen molar-refractivity contribution in [1.29, 1.82) is 0 Å². The van der Waals surface area contributed by atoms with Crippen LogP contribution >= 0.6 is 0 Å². The van der Waals surface area contributed by atoms with E-state index >= 15 is 0 Å². The highest BCUT2D eigenvalue weighted by Gasteiger charge is 2.20. The summed E-state index contributed by atoms with van der Waals surface area (Å²) in [6.45, 7) is 0.718. The summed E-state index contributed by atoms with van der Waals surface area (Å²) in [7, 11) is -3.04. The van der Waals surface area contributed by atoms with Crippen molar-refractivity contribution in [3.05, 3.63) is 0 Å². The third-order valence-electron chi connectivity index (χ3n) is 2.49. The fourth-order valence-electron chi connectivity index (χ4n) is 1.39. The lowest BCUT2D eigenvalue weighted by molar-refractivity contribution is 0.307. The molecule has 0 aromatic carbocycles. The van der Waals surface area contributed by atoms with Gasteiger partial charge < -0.3 is 5.73 Å². The molecule has 0 aromatic rings. The third-order valence-corrected chi connectivity index (χ3v) is 3.90. The predicted molar refractivity (Wildman–Crippen MR) is 52.8 cm³/mol. The van der Waals surface area contributed by atoms with Crippen LogP contribution in [0.3, 0.4) is 0 Å². The fourth-order valence-corrected chi connectivity index (χ4v) is 2.61. The fraction of sp³-hybridized carbons (Fsp3) is 1.00. The molecule has 13 heavy (non-hydrogen) atoms. The molecule has 0 unspecified atom stereocenters. The molecule has 1 saturated carbocycles. The highest BCUT2D eigenvalue weighted by atomic mass is 32.2. The Morgan fingerprint density at radius 3 is 2.54 bits per heavy atom. The number of hydrogen-bond donors (Lipinski definition) is 2. The molecule has 1 fully saturated rings. The Kier molecular flexibility index (Phi) is 4.15. The van der Waals surface area contributed by atoms with E-state index in [-0.39, 0.29) is 5.75 Å². The van der Waals surface area contributed by atoms with Crippen LogP contribution in [-0.2, 0) is 10.0 Å². The molecule has 5 heteroatoms. The standard InChI is InChI=1S/C8H18N2O2S/c9-5-6-10-13(11,12)7-4-8-2-1-3-8/h8,10H,1-7,9H2. The Bertz CT molecular complexity index is 235. The van der Waals surface area contributed by atoms with Crippen LogP contribution in [0, 0.1) is 5.92 Å². The van der Waals surface area contributed by atoms with Gasteiger partial charge in [-0.15, -0.1) is 0 Å². The van der Waals surface area contributed by atoms with Crippen LogP contribution in [0.15, 0.2) is 0 Å². The maximum Gasteiger partial charge on any atom is 0.211 e. The molecule has 0 aromatic heterocycles. The molecular formula is C8H18N2O2S. The number of nitrogens with one attached hydrogen (secondary N) is 1. The van der Waals surface area contributed by atoms with Crippen molar-refractivity contribution in [3.8, 4) is 0 Å². The summed E-state index contributed by atoms with van der Waals surface area (Å²) in [5.41, 5.74) is 5.20. The molecule has 0 bridgehead atoms. The molecule has 0 radical (unpaired) electrons. The second kappa shape index (κ2) is 4.93. The molecule has 78 valence electrons. The molecule has 0 saturated heterocycles. The van der Waals surface area contributed by atoms with E-state index in [1.54, 1.807) is 0 Å². The lowest BCUT2D eigenvalue weighted by Crippen LogP contribution is -2.32. The minimum absolute atomic E-state index is 0.262. The van der Waals surface area contributed by atoms with E-state index in [0.717, 1.165) is 6.42 Å². The summed E-state index contributed by atoms with van der Waals surface area (Å²) < 4.78 is 25.0. The number of hydrogen-bond acceptors (Lipinski definition) is 3. The Balaban J connectivity index is 2.17. The minimum Gasteiger partial charge on any atom is -0.329 e. The molecular weight excluding hydrogens is 188 g/mol. The van der Waals surface area contributed by atoms with Crippen molar-refractivity contribution in [2.45, 2.75) is 25.7 Å². The van der Waals surface area contributed by atoms with Gasteiger partial charge in [0.2, 0.25) is 10.0 Å². The van der Waals surface area contributed by atoms with Crippen molar-refractivity contribution in [3.63, 3.8) is 0 Å². The van der Waals surface area contributed by atoms with Crippen molar-refractivity contribution in [2.75, 3.05) is 18.8 Å². The third kappa shape index (κ3) is 4.06. The van der Waals surface area contributed by atoms with E-state index in [9.17, 15) is 8.42 Å². The average molecular weight is 206 g/mol. The zero-order valence-electron chi connectivity index (χ0n) is 7.83. The summed E-state index contributed by atoms with van der Waals surface area (Å²) >= 11 is 0. The summed E-state index contributed by atoms with van der Waals surface area (Å²) in [6.07, 6.45) is 4.47. The van der Waals surface area contributed by atoms with Gasteiger partial charge in [0, 0.05) is 13.1 Å². The largest absolute Gasteiger partial charge is 0.329 e. The van der Waals surface area contributed by atoms with Gasteiger partial charge in [-0.1, -0.05) is 19.3 Å². The summed E-state index contributed by atoms with van der Waals surface area (Å²) in [5, 5.41) is 0. The van der Waals surface area contributed by atoms with Crippen LogP contribution in [0.5, 0.6) is 0 Å². The molecule has 0 spiro atoms. The highest BCUT2D eigenvalue weighted by molar-refractivity contribution is 7.89. The van der Waals surface area contributed by atoms with E-state index in [1.165, 1.54) is 19.3 Å². The van der Waals surface area contributed by atoms with E-state index in [1.807, 2.05) is 0 Å². The Morgan fingerprint density at radius 2 is 2.08 bits per heavy atom. The second-order valence-electron chi connectivity index (χ2n) is 3.59. The first-order valence-corrected chi connectivity index (χ1v) is 6.46. The zero-order valence-corrected chi connectivity index (χ0v) is 8.65. The summed E-state index contributed by atoms with van der Waals surface area (Å²) in [6, 6.07) is 0. The van der Waals surface area contributed by atoms with Crippen molar-refractivity contribution >= 4 is 10.0 Å². The van der Waals surface area contributed by atoms with Gasteiger partial charge in [0.15, 0.2) is 0 Å². The van der Waals surface area contributed by atoms with Gasteiger partial charge in [0.1, 0.15) is 0 Å². The number of nitrogens with two attached hydrogens (primary N) is 1. The zero-order chi connectivity index (χ0) is 9.73. The SMILES string of the molecule is NCCNS(=O)(=O)CCC1CCC1. The first kappa shape index (κ1) is 10.9. The van der Waals surface area contributed by atoms with Crippen molar-refractivity contribution in [1.82, 2.24) is 4.72 Å². The minimum atomic E-state index is -3.04. The predicted octanol–water partition coefficient (Wildman–Crippen LogP) is 0.0547. The van der Waals surface area contributed by atoms with Crippen LogP contribution in [0.2, 0.25) is 0 Å². The van der Waals surface area contributed by atoms with Crippen LogP contribution in [-0.4, -0.2) is 27.3 Å². The summed E-state index contributed by atoms with van der Waals surface area (Å²) in [5.74, 6) is 0.909. The molecule has 0 aliphatic heterocycles. The van der Waals surface area contributed by atoms with Gasteiger partial charge in [0.05, 0.1) is 5.75 Å². The van der Waals surface area contributed by atoms with Gasteiger partial charge in [-0.2, -0.15) is 0 Å². The van der Waals surface area contributed by atoms with Gasteiger partial charge in [-0.05, 0) is 12.3 Å². The molecule has 4 nitrogen and oxygen atoms in total. The Labute approximate surface area is 79.9 Å². The lowest BCUT2D eigenvalue weighted by Gasteiger charge is -2.24. The molecule has 0 amide bonds. The Morgan fingerprint density at radius 1 is 1.38 bits per heavy atom. The van der Waals surface area contributed by atoms with E-state index in [4.69, 9.17) is 5.73 Å². The van der Waals surface area contributed by atoms with E-state index < -0.39 is 10.0 Å². The molecule has 1 aliphatic carbocycles. The second-order valence-corrected chi connectivity index (χ2v) is 5.51. The first-order valence-electron chi connectivity index (χ1n) is 4.81. The molecule has 0 heterocycles. The van der Waals surface area contributed by atoms with Crippen LogP contribution in [0.1, 0.15) is 25.7 Å². The van der Waals surface area contributed by atoms with Gasteiger partial charge in [-0.3, -0.25) is 0 Å². The Hall–Kier alpha value is -0.130. The maximum atomic E-state index is 11.3. The molecule has 0 atom stereocenters. The highest BCUT2D eigenvalue weighted by Crippen LogP contribution is 2.29. The normalized spacial score (nSPS) is 18.5. The van der Waals surface area contributed by atoms with Gasteiger partial charge >= 0.3 is 0 Å². The van der Waals surface area contributed by atoms with Crippen molar-refractivity contribution < 1.29 is 8.42 Å². The van der Waals surface area contributed by atoms with Crippen LogP contribution < -0.4 is 10.5 Å². The van der Waals surface area contributed by atoms with Crippen LogP contribution in [0.4, 0.5) is 0 Å². The average Bonchev–Trinajstić information content (AvgIpc) is 1.98. The smallest absolute Gasteiger partial charge is 0.211 e. The number of rotatable bonds is 6. The summed E-state index contributed by atoms with van der Waals surface area (Å²) in [4.78, 5) is 0. The van der Waals surface area contributed by atoms with Gasteiger partial charge in [-0.25, -0.2) is 13.1 Å².